The molecule has 1 rings (SSSR count). The highest BCUT2D eigenvalue weighted by molar-refractivity contribution is 7.79. The molecule has 0 atom stereocenters. The second-order valence-corrected chi connectivity index (χ2v) is 3.22. The molecule has 0 aliphatic carbocycles. The summed E-state index contributed by atoms with van der Waals surface area (Å²) in [6.07, 6.45) is 0. The Morgan fingerprint density at radius 1 is 1.25 bits per heavy atom. The summed E-state index contributed by atoms with van der Waals surface area (Å²) in [6.45, 7) is 4.18. The van der Waals surface area contributed by atoms with Crippen molar-refractivity contribution in [3.63, 3.8) is 0 Å². The average molecular weight is 182 g/mol. The molecular formula is C10H14OS. The first-order chi connectivity index (χ1) is 5.69. The van der Waals surface area contributed by atoms with Crippen molar-refractivity contribution < 1.29 is 4.74 Å². The minimum absolute atomic E-state index is 0.726. The van der Waals surface area contributed by atoms with Crippen LogP contribution in [0.15, 0.2) is 12.1 Å². The third-order valence-electron chi connectivity index (χ3n) is 2.07. The van der Waals surface area contributed by atoms with Crippen LogP contribution in [0.5, 0.6) is 5.75 Å². The van der Waals surface area contributed by atoms with E-state index in [1.54, 1.807) is 7.11 Å². The Morgan fingerprint density at radius 3 is 2.33 bits per heavy atom. The lowest BCUT2D eigenvalue weighted by Crippen LogP contribution is -1.92. The lowest BCUT2D eigenvalue weighted by atomic mass is 10.1. The number of hydrogen-bond donors (Lipinski definition) is 1. The molecule has 1 nitrogen and oxygen atoms in total. The second-order valence-electron chi connectivity index (χ2n) is 2.91. The fourth-order valence-electron chi connectivity index (χ4n) is 1.16. The van der Waals surface area contributed by atoms with E-state index >= 15 is 0 Å². The zero-order valence-electron chi connectivity index (χ0n) is 7.72. The highest BCUT2D eigenvalue weighted by Crippen LogP contribution is 2.23. The van der Waals surface area contributed by atoms with E-state index in [0.29, 0.717) is 0 Å². The van der Waals surface area contributed by atoms with Crippen LogP contribution < -0.4 is 4.74 Å². The number of thiol groups is 1. The smallest absolute Gasteiger partial charge is 0.123 e. The highest BCUT2D eigenvalue weighted by Gasteiger charge is 2.03. The van der Waals surface area contributed by atoms with Crippen LogP contribution in [-0.4, -0.2) is 7.11 Å². The van der Waals surface area contributed by atoms with Crippen LogP contribution in [0.3, 0.4) is 0 Å². The molecule has 1 aromatic carbocycles. The SMILES string of the molecule is COc1cc(C)c(C)cc1CS. The van der Waals surface area contributed by atoms with Gasteiger partial charge >= 0.3 is 0 Å². The molecule has 0 unspecified atom stereocenters. The summed E-state index contributed by atoms with van der Waals surface area (Å²) >= 11 is 4.24. The summed E-state index contributed by atoms with van der Waals surface area (Å²) in [5, 5.41) is 0. The van der Waals surface area contributed by atoms with Crippen LogP contribution in [-0.2, 0) is 5.75 Å². The highest BCUT2D eigenvalue weighted by atomic mass is 32.1. The topological polar surface area (TPSA) is 9.23 Å². The van der Waals surface area contributed by atoms with Crippen LogP contribution in [0.2, 0.25) is 0 Å². The number of aryl methyl sites for hydroxylation is 2. The monoisotopic (exact) mass is 182 g/mol. The van der Waals surface area contributed by atoms with Gasteiger partial charge in [-0.25, -0.2) is 0 Å². The van der Waals surface area contributed by atoms with Crippen LogP contribution in [0, 0.1) is 13.8 Å². The van der Waals surface area contributed by atoms with Gasteiger partial charge in [0.2, 0.25) is 0 Å². The molecule has 0 heterocycles. The van der Waals surface area contributed by atoms with Crippen LogP contribution in [0.4, 0.5) is 0 Å². The molecule has 66 valence electrons. The summed E-state index contributed by atoms with van der Waals surface area (Å²) in [5.74, 6) is 1.66. The molecular weight excluding hydrogens is 168 g/mol. The average Bonchev–Trinajstić information content (AvgIpc) is 2.09. The molecule has 0 spiro atoms. The van der Waals surface area contributed by atoms with Gasteiger partial charge in [-0.2, -0.15) is 12.6 Å². The van der Waals surface area contributed by atoms with E-state index in [1.807, 2.05) is 0 Å². The van der Waals surface area contributed by atoms with Crippen LogP contribution >= 0.6 is 12.6 Å². The number of methoxy groups -OCH3 is 1. The van der Waals surface area contributed by atoms with E-state index in [-0.39, 0.29) is 0 Å². The third-order valence-corrected chi connectivity index (χ3v) is 2.41. The number of rotatable bonds is 2. The van der Waals surface area contributed by atoms with Gasteiger partial charge in [0.05, 0.1) is 7.11 Å². The van der Waals surface area contributed by atoms with Crippen molar-refractivity contribution in [1.82, 2.24) is 0 Å². The van der Waals surface area contributed by atoms with Crippen LogP contribution in [0.25, 0.3) is 0 Å². The molecule has 1 aromatic rings. The fraction of sp³-hybridized carbons (Fsp3) is 0.400. The first-order valence-corrected chi connectivity index (χ1v) is 4.57. The first-order valence-electron chi connectivity index (χ1n) is 3.94. The molecule has 0 bridgehead atoms. The molecule has 0 amide bonds. The molecule has 0 saturated carbocycles. The van der Waals surface area contributed by atoms with E-state index in [0.717, 1.165) is 17.1 Å². The quantitative estimate of drug-likeness (QED) is 0.692. The largest absolute Gasteiger partial charge is 0.496 e. The van der Waals surface area contributed by atoms with Crippen molar-refractivity contribution in [1.29, 1.82) is 0 Å². The van der Waals surface area contributed by atoms with Crippen molar-refractivity contribution in [2.75, 3.05) is 7.11 Å². The van der Waals surface area contributed by atoms with Crippen molar-refractivity contribution in [2.24, 2.45) is 0 Å². The van der Waals surface area contributed by atoms with Gasteiger partial charge in [0.1, 0.15) is 5.75 Å². The fourth-order valence-corrected chi connectivity index (χ4v) is 1.41. The van der Waals surface area contributed by atoms with E-state index < -0.39 is 0 Å². The third kappa shape index (κ3) is 1.75. The van der Waals surface area contributed by atoms with E-state index in [4.69, 9.17) is 4.74 Å². The van der Waals surface area contributed by atoms with Crippen molar-refractivity contribution in [3.05, 3.63) is 28.8 Å². The van der Waals surface area contributed by atoms with Gasteiger partial charge in [-0.3, -0.25) is 0 Å². The Balaban J connectivity index is 3.19. The van der Waals surface area contributed by atoms with Gasteiger partial charge in [0.15, 0.2) is 0 Å². The Bertz CT molecular complexity index is 252. The Morgan fingerprint density at radius 2 is 1.83 bits per heavy atom. The summed E-state index contributed by atoms with van der Waals surface area (Å²) in [7, 11) is 1.69. The molecule has 0 aromatic heterocycles. The zero-order chi connectivity index (χ0) is 9.14. The molecule has 12 heavy (non-hydrogen) atoms. The van der Waals surface area contributed by atoms with Gasteiger partial charge < -0.3 is 4.74 Å². The maximum Gasteiger partial charge on any atom is 0.123 e. The Kier molecular flexibility index (Phi) is 3.04. The molecule has 0 radical (unpaired) electrons. The predicted octanol–water partition coefficient (Wildman–Crippen LogP) is 2.74. The summed E-state index contributed by atoms with van der Waals surface area (Å²) in [4.78, 5) is 0. The maximum absolute atomic E-state index is 5.22. The lowest BCUT2D eigenvalue weighted by Gasteiger charge is -2.09. The predicted molar refractivity (Wildman–Crippen MR) is 55.2 cm³/mol. The lowest BCUT2D eigenvalue weighted by molar-refractivity contribution is 0.411. The Labute approximate surface area is 79.2 Å². The Hall–Kier alpha value is -0.630. The standard InChI is InChI=1S/C10H14OS/c1-7-4-9(6-12)10(11-3)5-8(7)2/h4-5,12H,6H2,1-3H3. The van der Waals surface area contributed by atoms with Gasteiger partial charge in [0.25, 0.3) is 0 Å². The summed E-state index contributed by atoms with van der Waals surface area (Å²) < 4.78 is 5.22. The van der Waals surface area contributed by atoms with Crippen LogP contribution in [0.1, 0.15) is 16.7 Å². The van der Waals surface area contributed by atoms with Gasteiger partial charge in [0, 0.05) is 11.3 Å². The molecule has 2 heteroatoms. The minimum atomic E-state index is 0.726. The first kappa shape index (κ1) is 9.46. The molecule has 0 aliphatic rings. The zero-order valence-corrected chi connectivity index (χ0v) is 8.61. The summed E-state index contributed by atoms with van der Waals surface area (Å²) in [6, 6.07) is 4.18. The maximum atomic E-state index is 5.22. The van der Waals surface area contributed by atoms with Gasteiger partial charge in [-0.05, 0) is 31.0 Å². The van der Waals surface area contributed by atoms with E-state index in [9.17, 15) is 0 Å². The normalized spacial score (nSPS) is 10.0. The molecule has 0 saturated heterocycles. The number of hydrogen-bond acceptors (Lipinski definition) is 2. The van der Waals surface area contributed by atoms with E-state index in [2.05, 4.69) is 38.6 Å². The second kappa shape index (κ2) is 3.85. The molecule has 0 fully saturated rings. The number of ether oxygens (including phenoxy) is 1. The molecule has 0 aliphatic heterocycles. The van der Waals surface area contributed by atoms with Gasteiger partial charge in [-0.1, -0.05) is 6.07 Å². The molecule has 0 N–H and O–H groups in total. The van der Waals surface area contributed by atoms with Gasteiger partial charge in [-0.15, -0.1) is 0 Å². The van der Waals surface area contributed by atoms with Crippen molar-refractivity contribution in [3.8, 4) is 5.75 Å². The minimum Gasteiger partial charge on any atom is -0.496 e. The van der Waals surface area contributed by atoms with Crippen molar-refractivity contribution in [2.45, 2.75) is 19.6 Å². The summed E-state index contributed by atoms with van der Waals surface area (Å²) in [5.41, 5.74) is 3.71. The van der Waals surface area contributed by atoms with E-state index in [1.165, 1.54) is 11.1 Å². The number of benzene rings is 1. The van der Waals surface area contributed by atoms with Crippen molar-refractivity contribution >= 4 is 12.6 Å².